The predicted molar refractivity (Wildman–Crippen MR) is 63.7 cm³/mol. The van der Waals surface area contributed by atoms with Gasteiger partial charge in [0.2, 0.25) is 0 Å². The molecule has 102 valence electrons. The maximum absolute atomic E-state index is 11.4. The summed E-state index contributed by atoms with van der Waals surface area (Å²) in [6.45, 7) is 2.43. The third-order valence-electron chi connectivity index (χ3n) is 2.30. The van der Waals surface area contributed by atoms with Gasteiger partial charge in [0.25, 0.3) is 0 Å². The Hall–Kier alpha value is -0.890. The molecule has 0 aromatic carbocycles. The summed E-state index contributed by atoms with van der Waals surface area (Å²) in [6, 6.07) is -0.527. The summed E-state index contributed by atoms with van der Waals surface area (Å²) in [5.41, 5.74) is -1.37. The van der Waals surface area contributed by atoms with Crippen LogP contribution in [0.1, 0.15) is 13.3 Å². The van der Waals surface area contributed by atoms with Crippen molar-refractivity contribution in [3.8, 4) is 0 Å². The number of rotatable bonds is 9. The van der Waals surface area contributed by atoms with E-state index in [1.807, 2.05) is 6.92 Å². The van der Waals surface area contributed by atoms with Crippen LogP contribution in [-0.2, 0) is 0 Å². The Morgan fingerprint density at radius 1 is 1.06 bits per heavy atom. The molecule has 0 saturated heterocycles. The van der Waals surface area contributed by atoms with Gasteiger partial charge in [0.15, 0.2) is 0 Å². The molecule has 0 saturated carbocycles. The molecule has 0 aliphatic rings. The van der Waals surface area contributed by atoms with E-state index in [-0.39, 0.29) is 0 Å². The first-order valence-corrected chi connectivity index (χ1v) is 5.73. The number of nitrogens with one attached hydrogen (secondary N) is 3. The normalized spacial score (nSPS) is 11.3. The highest BCUT2D eigenvalue weighted by Crippen LogP contribution is 2.00. The molecule has 0 rings (SSSR count). The average Bonchev–Trinajstić information content (AvgIpc) is 2.36. The second kappa shape index (κ2) is 9.17. The van der Waals surface area contributed by atoms with E-state index in [9.17, 15) is 4.79 Å². The van der Waals surface area contributed by atoms with Crippen LogP contribution in [0, 0.1) is 0 Å². The van der Waals surface area contributed by atoms with Gasteiger partial charge in [0, 0.05) is 13.1 Å². The van der Waals surface area contributed by atoms with Crippen LogP contribution in [-0.4, -0.2) is 66.3 Å². The first-order valence-electron chi connectivity index (χ1n) is 5.73. The number of hydrogen-bond donors (Lipinski definition) is 6. The van der Waals surface area contributed by atoms with Gasteiger partial charge in [-0.2, -0.15) is 0 Å². The lowest BCUT2D eigenvalue weighted by atomic mass is 10.0. The molecule has 0 fully saturated rings. The SMILES string of the molecule is CCCNCCNC(=O)NC(CO)(CO)CO. The average molecular weight is 249 g/mol. The zero-order chi connectivity index (χ0) is 13.1. The van der Waals surface area contributed by atoms with Gasteiger partial charge in [-0.1, -0.05) is 6.92 Å². The van der Waals surface area contributed by atoms with Gasteiger partial charge in [-0.3, -0.25) is 0 Å². The van der Waals surface area contributed by atoms with Crippen LogP contribution in [0.4, 0.5) is 4.79 Å². The van der Waals surface area contributed by atoms with Crippen LogP contribution in [0.5, 0.6) is 0 Å². The summed E-state index contributed by atoms with van der Waals surface area (Å²) >= 11 is 0. The Morgan fingerprint density at radius 2 is 1.65 bits per heavy atom. The Morgan fingerprint density at radius 3 is 2.12 bits per heavy atom. The number of carbonyl (C=O) groups is 1. The lowest BCUT2D eigenvalue weighted by Gasteiger charge is -2.28. The molecule has 0 unspecified atom stereocenters. The van der Waals surface area contributed by atoms with E-state index in [1.54, 1.807) is 0 Å². The molecule has 17 heavy (non-hydrogen) atoms. The van der Waals surface area contributed by atoms with Crippen molar-refractivity contribution in [1.29, 1.82) is 0 Å². The van der Waals surface area contributed by atoms with E-state index in [0.29, 0.717) is 13.1 Å². The largest absolute Gasteiger partial charge is 0.394 e. The van der Waals surface area contributed by atoms with Gasteiger partial charge in [-0.15, -0.1) is 0 Å². The van der Waals surface area contributed by atoms with Crippen LogP contribution in [0.15, 0.2) is 0 Å². The molecule has 0 heterocycles. The molecular formula is C10H23N3O4. The zero-order valence-corrected chi connectivity index (χ0v) is 10.2. The van der Waals surface area contributed by atoms with Crippen molar-refractivity contribution in [3.05, 3.63) is 0 Å². The van der Waals surface area contributed by atoms with E-state index >= 15 is 0 Å². The second-order valence-corrected chi connectivity index (χ2v) is 3.89. The van der Waals surface area contributed by atoms with Crippen molar-refractivity contribution in [2.24, 2.45) is 0 Å². The zero-order valence-electron chi connectivity index (χ0n) is 10.2. The summed E-state index contributed by atoms with van der Waals surface area (Å²) in [5.74, 6) is 0. The lowest BCUT2D eigenvalue weighted by molar-refractivity contribution is 0.0493. The molecule has 6 N–H and O–H groups in total. The fourth-order valence-corrected chi connectivity index (χ4v) is 1.12. The summed E-state index contributed by atoms with van der Waals surface area (Å²) in [4.78, 5) is 11.4. The monoisotopic (exact) mass is 249 g/mol. The maximum atomic E-state index is 11.4. The standard InChI is InChI=1S/C10H23N3O4/c1-2-3-11-4-5-12-9(17)13-10(6-14,7-15)8-16/h11,14-16H,2-8H2,1H3,(H2,12,13,17). The third kappa shape index (κ3) is 6.42. The Labute approximate surface area is 101 Å². The second-order valence-electron chi connectivity index (χ2n) is 3.89. The third-order valence-corrected chi connectivity index (χ3v) is 2.30. The Kier molecular flexibility index (Phi) is 8.69. The number of aliphatic hydroxyl groups excluding tert-OH is 3. The summed E-state index contributed by atoms with van der Waals surface area (Å²) in [5, 5.41) is 35.0. The van der Waals surface area contributed by atoms with Gasteiger partial charge in [0.05, 0.1) is 19.8 Å². The number of urea groups is 1. The van der Waals surface area contributed by atoms with Crippen molar-refractivity contribution in [3.63, 3.8) is 0 Å². The molecule has 0 spiro atoms. The lowest BCUT2D eigenvalue weighted by Crippen LogP contribution is -2.59. The summed E-state index contributed by atoms with van der Waals surface area (Å²) in [6.07, 6.45) is 1.02. The molecule has 2 amide bonds. The maximum Gasteiger partial charge on any atom is 0.315 e. The highest BCUT2D eigenvalue weighted by atomic mass is 16.3. The minimum absolute atomic E-state index is 0.435. The number of amides is 2. The summed E-state index contributed by atoms with van der Waals surface area (Å²) in [7, 11) is 0. The van der Waals surface area contributed by atoms with E-state index in [1.165, 1.54) is 0 Å². The number of hydrogen-bond acceptors (Lipinski definition) is 5. The fraction of sp³-hybridized carbons (Fsp3) is 0.900. The molecule has 0 radical (unpaired) electrons. The fourth-order valence-electron chi connectivity index (χ4n) is 1.12. The molecule has 0 bridgehead atoms. The van der Waals surface area contributed by atoms with Gasteiger partial charge >= 0.3 is 6.03 Å². The van der Waals surface area contributed by atoms with Crippen molar-refractivity contribution in [2.45, 2.75) is 18.9 Å². The van der Waals surface area contributed by atoms with E-state index in [2.05, 4.69) is 16.0 Å². The topological polar surface area (TPSA) is 114 Å². The van der Waals surface area contributed by atoms with E-state index < -0.39 is 31.4 Å². The van der Waals surface area contributed by atoms with Crippen LogP contribution in [0.3, 0.4) is 0 Å². The van der Waals surface area contributed by atoms with Gasteiger partial charge < -0.3 is 31.3 Å². The highest BCUT2D eigenvalue weighted by Gasteiger charge is 2.29. The molecule has 0 aromatic rings. The number of aliphatic hydroxyl groups is 3. The molecule has 0 atom stereocenters. The summed E-state index contributed by atoms with van der Waals surface area (Å²) < 4.78 is 0. The molecule has 0 aromatic heterocycles. The molecule has 7 heteroatoms. The van der Waals surface area contributed by atoms with Crippen molar-refractivity contribution < 1.29 is 20.1 Å². The molecule has 0 aliphatic carbocycles. The van der Waals surface area contributed by atoms with Crippen molar-refractivity contribution >= 4 is 6.03 Å². The van der Waals surface area contributed by atoms with E-state index in [4.69, 9.17) is 15.3 Å². The van der Waals surface area contributed by atoms with Gasteiger partial charge in [-0.25, -0.2) is 4.79 Å². The van der Waals surface area contributed by atoms with Gasteiger partial charge in [0.1, 0.15) is 5.54 Å². The minimum Gasteiger partial charge on any atom is -0.394 e. The molecule has 7 nitrogen and oxygen atoms in total. The van der Waals surface area contributed by atoms with Crippen molar-refractivity contribution in [1.82, 2.24) is 16.0 Å². The first-order chi connectivity index (χ1) is 8.14. The quantitative estimate of drug-likeness (QED) is 0.265. The van der Waals surface area contributed by atoms with Crippen LogP contribution in [0.25, 0.3) is 0 Å². The first kappa shape index (κ1) is 16.1. The Balaban J connectivity index is 3.83. The minimum atomic E-state index is -1.37. The molecular weight excluding hydrogens is 226 g/mol. The van der Waals surface area contributed by atoms with Crippen LogP contribution >= 0.6 is 0 Å². The van der Waals surface area contributed by atoms with E-state index in [0.717, 1.165) is 13.0 Å². The van der Waals surface area contributed by atoms with Gasteiger partial charge in [-0.05, 0) is 13.0 Å². The predicted octanol–water partition coefficient (Wildman–Crippen LogP) is -2.00. The Bertz CT molecular complexity index is 201. The molecule has 0 aliphatic heterocycles. The van der Waals surface area contributed by atoms with Crippen molar-refractivity contribution in [2.75, 3.05) is 39.5 Å². The van der Waals surface area contributed by atoms with Crippen LogP contribution < -0.4 is 16.0 Å². The van der Waals surface area contributed by atoms with Crippen LogP contribution in [0.2, 0.25) is 0 Å². The highest BCUT2D eigenvalue weighted by molar-refractivity contribution is 5.74. The number of carbonyl (C=O) groups excluding carboxylic acids is 1. The smallest absolute Gasteiger partial charge is 0.315 e.